The van der Waals surface area contributed by atoms with Gasteiger partial charge in [-0.2, -0.15) is 0 Å². The van der Waals surface area contributed by atoms with Gasteiger partial charge in [0.2, 0.25) is 5.91 Å². The predicted molar refractivity (Wildman–Crippen MR) is 75.5 cm³/mol. The summed E-state index contributed by atoms with van der Waals surface area (Å²) < 4.78 is 0. The number of nitrogens with one attached hydrogen (secondary N) is 1. The largest absolute Gasteiger partial charge is 0.389 e. The molecule has 4 nitrogen and oxygen atoms in total. The van der Waals surface area contributed by atoms with Crippen LogP contribution >= 0.6 is 0 Å². The van der Waals surface area contributed by atoms with Crippen LogP contribution in [-0.4, -0.2) is 46.7 Å². The Bertz CT molecular complexity index is 245. The number of nitrogens with zero attached hydrogens (tertiary/aromatic N) is 1. The van der Waals surface area contributed by atoms with E-state index in [1.165, 1.54) is 0 Å². The maximum absolute atomic E-state index is 12.1. The number of carbonyl (C=O) groups is 1. The van der Waals surface area contributed by atoms with E-state index in [0.717, 1.165) is 19.4 Å². The summed E-state index contributed by atoms with van der Waals surface area (Å²) in [6.07, 6.45) is 1.90. The fourth-order valence-electron chi connectivity index (χ4n) is 2.00. The van der Waals surface area contributed by atoms with Gasteiger partial charge in [0.25, 0.3) is 0 Å². The van der Waals surface area contributed by atoms with E-state index < -0.39 is 5.60 Å². The van der Waals surface area contributed by atoms with Gasteiger partial charge in [0.05, 0.1) is 11.6 Å². The van der Waals surface area contributed by atoms with Gasteiger partial charge in [0.15, 0.2) is 0 Å². The molecule has 4 heteroatoms. The Morgan fingerprint density at radius 2 is 1.78 bits per heavy atom. The molecule has 0 aromatic rings. The predicted octanol–water partition coefficient (Wildman–Crippen LogP) is 1.77. The summed E-state index contributed by atoms with van der Waals surface area (Å²) in [5, 5.41) is 12.9. The van der Waals surface area contributed by atoms with Crippen LogP contribution in [0, 0.1) is 0 Å². The molecule has 1 unspecified atom stereocenters. The van der Waals surface area contributed by atoms with Gasteiger partial charge < -0.3 is 10.4 Å². The van der Waals surface area contributed by atoms with Crippen molar-refractivity contribution in [3.8, 4) is 0 Å². The smallest absolute Gasteiger partial charge is 0.237 e. The summed E-state index contributed by atoms with van der Waals surface area (Å²) in [6, 6.07) is 0.0443. The van der Waals surface area contributed by atoms with Crippen LogP contribution in [0.15, 0.2) is 0 Å². The molecular weight excluding hydrogens is 228 g/mol. The Morgan fingerprint density at radius 3 is 2.11 bits per heavy atom. The molecule has 0 saturated carbocycles. The summed E-state index contributed by atoms with van der Waals surface area (Å²) in [4.78, 5) is 14.1. The van der Waals surface area contributed by atoms with Gasteiger partial charge in [-0.05, 0) is 40.2 Å². The molecule has 0 aromatic heterocycles. The number of likely N-dealkylation sites (N-methyl/N-ethyl adjacent to an activating group) is 1. The molecule has 0 rings (SSSR count). The van der Waals surface area contributed by atoms with E-state index in [1.807, 2.05) is 18.7 Å². The molecule has 2 N–H and O–H groups in total. The third-order valence-corrected chi connectivity index (χ3v) is 3.26. The van der Waals surface area contributed by atoms with Crippen LogP contribution in [0.3, 0.4) is 0 Å². The summed E-state index contributed by atoms with van der Waals surface area (Å²) in [7, 11) is 0. The fourth-order valence-corrected chi connectivity index (χ4v) is 2.00. The third-order valence-electron chi connectivity index (χ3n) is 3.26. The lowest BCUT2D eigenvalue weighted by Crippen LogP contribution is -2.51. The van der Waals surface area contributed by atoms with Crippen molar-refractivity contribution in [1.29, 1.82) is 0 Å². The normalized spacial score (nSPS) is 14.1. The molecular formula is C14H30N2O2. The third kappa shape index (κ3) is 6.36. The second-order valence-electron chi connectivity index (χ2n) is 5.57. The van der Waals surface area contributed by atoms with Gasteiger partial charge in [-0.25, -0.2) is 0 Å². The molecule has 0 radical (unpaired) electrons. The summed E-state index contributed by atoms with van der Waals surface area (Å²) in [5.74, 6) is 0.0507. The fraction of sp³-hybridized carbons (Fsp3) is 0.929. The number of hydrogen-bond acceptors (Lipinski definition) is 3. The minimum absolute atomic E-state index is 0.0507. The molecule has 1 amide bonds. The summed E-state index contributed by atoms with van der Waals surface area (Å²) in [5.41, 5.74) is -0.778. The first-order valence-electron chi connectivity index (χ1n) is 7.01. The highest BCUT2D eigenvalue weighted by molar-refractivity contribution is 5.81. The van der Waals surface area contributed by atoms with Crippen molar-refractivity contribution in [2.24, 2.45) is 0 Å². The van der Waals surface area contributed by atoms with Gasteiger partial charge in [-0.1, -0.05) is 20.8 Å². The molecule has 0 spiro atoms. The van der Waals surface area contributed by atoms with Crippen LogP contribution in [0.4, 0.5) is 0 Å². The summed E-state index contributed by atoms with van der Waals surface area (Å²) in [6.45, 7) is 12.8. The van der Waals surface area contributed by atoms with Crippen LogP contribution < -0.4 is 5.32 Å². The van der Waals surface area contributed by atoms with Crippen LogP contribution in [0.2, 0.25) is 0 Å². The van der Waals surface area contributed by atoms with Crippen molar-refractivity contribution in [2.75, 3.05) is 13.1 Å². The van der Waals surface area contributed by atoms with E-state index in [1.54, 1.807) is 13.8 Å². The van der Waals surface area contributed by atoms with Crippen molar-refractivity contribution >= 4 is 5.91 Å². The Hall–Kier alpha value is -0.610. The lowest BCUT2D eigenvalue weighted by molar-refractivity contribution is -0.127. The van der Waals surface area contributed by atoms with Crippen molar-refractivity contribution in [3.05, 3.63) is 0 Å². The second-order valence-corrected chi connectivity index (χ2v) is 5.57. The van der Waals surface area contributed by atoms with E-state index >= 15 is 0 Å². The van der Waals surface area contributed by atoms with E-state index in [0.29, 0.717) is 6.54 Å². The van der Waals surface area contributed by atoms with Crippen molar-refractivity contribution in [1.82, 2.24) is 10.2 Å². The number of amides is 1. The van der Waals surface area contributed by atoms with Crippen molar-refractivity contribution in [3.63, 3.8) is 0 Å². The van der Waals surface area contributed by atoms with Crippen LogP contribution in [0.25, 0.3) is 0 Å². The SMILES string of the molecule is CCC(CC)NC(=O)C(C)N(CC)CC(C)(C)O. The van der Waals surface area contributed by atoms with Crippen molar-refractivity contribution < 1.29 is 9.90 Å². The highest BCUT2D eigenvalue weighted by atomic mass is 16.3. The monoisotopic (exact) mass is 258 g/mol. The Morgan fingerprint density at radius 1 is 1.28 bits per heavy atom. The second kappa shape index (κ2) is 7.74. The Balaban J connectivity index is 4.49. The van der Waals surface area contributed by atoms with E-state index in [4.69, 9.17) is 0 Å². The molecule has 0 fully saturated rings. The Kier molecular flexibility index (Phi) is 7.48. The number of hydrogen-bond donors (Lipinski definition) is 2. The van der Waals surface area contributed by atoms with Crippen LogP contribution in [0.5, 0.6) is 0 Å². The highest BCUT2D eigenvalue weighted by Gasteiger charge is 2.26. The zero-order valence-electron chi connectivity index (χ0n) is 12.8. The molecule has 108 valence electrons. The van der Waals surface area contributed by atoms with E-state index in [9.17, 15) is 9.90 Å². The molecule has 0 aliphatic carbocycles. The molecule has 0 aliphatic rings. The first-order valence-corrected chi connectivity index (χ1v) is 7.01. The average Bonchev–Trinajstić information content (AvgIpc) is 2.30. The van der Waals surface area contributed by atoms with Crippen LogP contribution in [-0.2, 0) is 4.79 Å². The molecule has 0 saturated heterocycles. The lowest BCUT2D eigenvalue weighted by Gasteiger charge is -2.32. The van der Waals surface area contributed by atoms with Gasteiger partial charge in [0, 0.05) is 12.6 Å². The molecule has 0 aliphatic heterocycles. The van der Waals surface area contributed by atoms with Gasteiger partial charge in [0.1, 0.15) is 0 Å². The minimum atomic E-state index is -0.778. The number of aliphatic hydroxyl groups is 1. The molecule has 0 bridgehead atoms. The highest BCUT2D eigenvalue weighted by Crippen LogP contribution is 2.09. The Labute approximate surface area is 112 Å². The van der Waals surface area contributed by atoms with E-state index in [-0.39, 0.29) is 18.0 Å². The number of rotatable bonds is 8. The maximum Gasteiger partial charge on any atom is 0.237 e. The zero-order valence-corrected chi connectivity index (χ0v) is 12.8. The average molecular weight is 258 g/mol. The van der Waals surface area contributed by atoms with Gasteiger partial charge in [-0.15, -0.1) is 0 Å². The topological polar surface area (TPSA) is 52.6 Å². The first kappa shape index (κ1) is 17.4. The van der Waals surface area contributed by atoms with Crippen molar-refractivity contribution in [2.45, 2.75) is 72.1 Å². The zero-order chi connectivity index (χ0) is 14.3. The van der Waals surface area contributed by atoms with E-state index in [2.05, 4.69) is 19.2 Å². The molecule has 0 heterocycles. The van der Waals surface area contributed by atoms with Gasteiger partial charge >= 0.3 is 0 Å². The maximum atomic E-state index is 12.1. The summed E-state index contributed by atoms with van der Waals surface area (Å²) >= 11 is 0. The quantitative estimate of drug-likeness (QED) is 0.697. The molecule has 1 atom stereocenters. The lowest BCUT2D eigenvalue weighted by atomic mass is 10.1. The first-order chi connectivity index (χ1) is 8.25. The number of carbonyl (C=O) groups excluding carboxylic acids is 1. The van der Waals surface area contributed by atoms with Gasteiger partial charge in [-0.3, -0.25) is 9.69 Å². The standard InChI is InChI=1S/C14H30N2O2/c1-7-12(8-2)15-13(17)11(4)16(9-3)10-14(5,6)18/h11-12,18H,7-10H2,1-6H3,(H,15,17). The molecule has 0 aromatic carbocycles. The minimum Gasteiger partial charge on any atom is -0.389 e. The van der Waals surface area contributed by atoms with Crippen LogP contribution in [0.1, 0.15) is 54.4 Å². The molecule has 18 heavy (non-hydrogen) atoms.